The van der Waals surface area contributed by atoms with Crippen molar-refractivity contribution < 1.29 is 71.2 Å². The van der Waals surface area contributed by atoms with Gasteiger partial charge < -0.3 is 48.0 Å². The number of hydrogen-bond donors (Lipinski definition) is 0. The van der Waals surface area contributed by atoms with Gasteiger partial charge in [0.15, 0.2) is 0 Å². The molecule has 0 N–H and O–H groups in total. The van der Waals surface area contributed by atoms with Gasteiger partial charge in [-0.2, -0.15) is 0 Å². The van der Waals surface area contributed by atoms with Gasteiger partial charge in [0.05, 0.1) is 0 Å². The van der Waals surface area contributed by atoms with Gasteiger partial charge in [0.25, 0.3) is 0 Å². The van der Waals surface area contributed by atoms with E-state index in [0.717, 1.165) is 11.8 Å². The third-order valence-electron chi connectivity index (χ3n) is 3.62. The predicted molar refractivity (Wildman–Crippen MR) is 80.5 cm³/mol. The number of allylic oxidation sites excluding steroid dienone is 8. The molecule has 0 spiro atoms. The van der Waals surface area contributed by atoms with Crippen molar-refractivity contribution in [1.29, 1.82) is 0 Å². The maximum absolute atomic E-state index is 2.40. The van der Waals surface area contributed by atoms with Crippen LogP contribution in [-0.2, 0) is 23.2 Å². The Hall–Kier alpha value is 1.30. The first-order valence-corrected chi connectivity index (χ1v) is 10.1. The predicted octanol–water partition coefficient (Wildman–Crippen LogP) is -0.403. The van der Waals surface area contributed by atoms with Crippen LogP contribution in [0.1, 0.15) is 53.4 Å². The van der Waals surface area contributed by atoms with E-state index in [4.69, 9.17) is 0 Å². The minimum atomic E-state index is -0.495. The summed E-state index contributed by atoms with van der Waals surface area (Å²) < 4.78 is 3.69. The monoisotopic (exact) mass is 586 g/mol. The average Bonchev–Trinajstić information content (AvgIpc) is 2.89. The molecule has 3 heteroatoms. The molecule has 0 atom stereocenters. The van der Waals surface area contributed by atoms with Crippen LogP contribution in [0.4, 0.5) is 0 Å². The van der Waals surface area contributed by atoms with Crippen molar-refractivity contribution >= 4 is 0 Å². The van der Waals surface area contributed by atoms with E-state index in [2.05, 4.69) is 52.0 Å². The second-order valence-corrected chi connectivity index (χ2v) is 10.1. The molecule has 2 rings (SSSR count). The Labute approximate surface area is 176 Å². The number of hydrogen-bond acceptors (Lipinski definition) is 0. The SMILES string of the molecule is CC(C)CC1=[C]([Zr+2][C]2=C(CC(C)C)C=CC2)CC=C1.[I-].[I-]. The summed E-state index contributed by atoms with van der Waals surface area (Å²) in [7, 11) is 0. The quantitative estimate of drug-likeness (QED) is 0.372. The van der Waals surface area contributed by atoms with Gasteiger partial charge in [-0.05, 0) is 0 Å². The van der Waals surface area contributed by atoms with Crippen LogP contribution in [0.5, 0.6) is 0 Å². The van der Waals surface area contributed by atoms with Gasteiger partial charge in [-0.3, -0.25) is 0 Å². The summed E-state index contributed by atoms with van der Waals surface area (Å²) in [6.07, 6.45) is 14.7. The molecular formula is C18H26I2Zr. The molecule has 0 aromatic heterocycles. The molecule has 0 bridgehead atoms. The van der Waals surface area contributed by atoms with E-state index >= 15 is 0 Å². The molecule has 0 aromatic carbocycles. The van der Waals surface area contributed by atoms with E-state index in [1.807, 2.05) is 6.56 Å². The molecule has 0 saturated carbocycles. The van der Waals surface area contributed by atoms with Crippen LogP contribution in [0.3, 0.4) is 0 Å². The maximum atomic E-state index is 2.40. The molecular weight excluding hydrogens is 561 g/mol. The van der Waals surface area contributed by atoms with Gasteiger partial charge in [-0.25, -0.2) is 0 Å². The molecule has 0 heterocycles. The summed E-state index contributed by atoms with van der Waals surface area (Å²) in [6.45, 7) is 9.34. The summed E-state index contributed by atoms with van der Waals surface area (Å²) >= 11 is -0.495. The summed E-state index contributed by atoms with van der Waals surface area (Å²) in [5.41, 5.74) is 3.37. The zero-order valence-corrected chi connectivity index (χ0v) is 20.3. The molecule has 2 aliphatic rings. The van der Waals surface area contributed by atoms with Crippen molar-refractivity contribution in [1.82, 2.24) is 0 Å². The Balaban J connectivity index is 0.00000200. The van der Waals surface area contributed by atoms with Crippen LogP contribution < -0.4 is 48.0 Å². The first kappa shape index (κ1) is 22.3. The molecule has 116 valence electrons. The first-order chi connectivity index (χ1) is 9.06. The Morgan fingerprint density at radius 1 is 0.810 bits per heavy atom. The summed E-state index contributed by atoms with van der Waals surface area (Å²) in [6, 6.07) is 0. The Kier molecular flexibility index (Phi) is 11.6. The zero-order chi connectivity index (χ0) is 13.8. The topological polar surface area (TPSA) is 0 Å². The Morgan fingerprint density at radius 3 is 1.52 bits per heavy atom. The van der Waals surface area contributed by atoms with Gasteiger partial charge >= 0.3 is 130 Å². The number of halogens is 2. The van der Waals surface area contributed by atoms with Crippen molar-refractivity contribution in [2.45, 2.75) is 53.4 Å². The normalized spacial score (nSPS) is 16.7. The van der Waals surface area contributed by atoms with E-state index in [0.29, 0.717) is 0 Å². The standard InChI is InChI=1S/2C9H13.2HI.Zr/c2*1-8(2)7-9-5-3-4-6-9;;;/h2*3,5,8H,4,7H2,1-2H3;2*1H;/q;;;;+2/p-2. The Morgan fingerprint density at radius 2 is 1.19 bits per heavy atom. The van der Waals surface area contributed by atoms with Crippen molar-refractivity contribution in [2.75, 3.05) is 0 Å². The van der Waals surface area contributed by atoms with Crippen LogP contribution >= 0.6 is 0 Å². The van der Waals surface area contributed by atoms with Gasteiger partial charge in [-0.1, -0.05) is 0 Å². The zero-order valence-electron chi connectivity index (χ0n) is 13.5. The van der Waals surface area contributed by atoms with Crippen molar-refractivity contribution in [3.05, 3.63) is 42.0 Å². The summed E-state index contributed by atoms with van der Waals surface area (Å²) in [5.74, 6) is 1.58. The number of rotatable bonds is 6. The molecule has 0 saturated heterocycles. The molecule has 0 aromatic rings. The minimum absolute atomic E-state index is 0. The van der Waals surface area contributed by atoms with E-state index in [-0.39, 0.29) is 48.0 Å². The van der Waals surface area contributed by atoms with Crippen molar-refractivity contribution in [3.8, 4) is 0 Å². The van der Waals surface area contributed by atoms with Crippen LogP contribution in [0.25, 0.3) is 0 Å². The first-order valence-electron chi connectivity index (χ1n) is 7.60. The van der Waals surface area contributed by atoms with Gasteiger partial charge in [-0.15, -0.1) is 0 Å². The van der Waals surface area contributed by atoms with Crippen LogP contribution in [0.2, 0.25) is 0 Å². The molecule has 0 aliphatic heterocycles. The molecule has 0 amide bonds. The molecule has 0 unspecified atom stereocenters. The van der Waals surface area contributed by atoms with E-state index < -0.39 is 23.2 Å². The van der Waals surface area contributed by atoms with Crippen LogP contribution in [-0.4, -0.2) is 0 Å². The molecule has 0 fully saturated rings. The average molecular weight is 587 g/mol. The van der Waals surface area contributed by atoms with Gasteiger partial charge in [0, 0.05) is 0 Å². The van der Waals surface area contributed by atoms with Gasteiger partial charge in [0.1, 0.15) is 0 Å². The second-order valence-electron chi connectivity index (χ2n) is 6.54. The largest absolute Gasteiger partial charge is 1.00 e. The smallest absolute Gasteiger partial charge is 1.00 e. The molecule has 21 heavy (non-hydrogen) atoms. The third-order valence-corrected chi connectivity index (χ3v) is 7.68. The summed E-state index contributed by atoms with van der Waals surface area (Å²) in [5, 5.41) is 0. The molecule has 2 aliphatic carbocycles. The van der Waals surface area contributed by atoms with Crippen molar-refractivity contribution in [3.63, 3.8) is 0 Å². The summed E-state index contributed by atoms with van der Waals surface area (Å²) in [4.78, 5) is 0. The minimum Gasteiger partial charge on any atom is -1.00 e. The van der Waals surface area contributed by atoms with Crippen molar-refractivity contribution in [2.24, 2.45) is 11.8 Å². The fourth-order valence-corrected chi connectivity index (χ4v) is 6.49. The van der Waals surface area contributed by atoms with E-state index in [1.54, 1.807) is 11.1 Å². The Bertz CT molecular complexity index is 412. The second kappa shape index (κ2) is 11.0. The van der Waals surface area contributed by atoms with E-state index in [9.17, 15) is 0 Å². The maximum Gasteiger partial charge on any atom is -1.00 e. The fraction of sp³-hybridized carbons (Fsp3) is 0.556. The van der Waals surface area contributed by atoms with Crippen LogP contribution in [0, 0.1) is 11.8 Å². The molecule has 0 nitrogen and oxygen atoms in total. The molecule has 0 radical (unpaired) electrons. The van der Waals surface area contributed by atoms with Gasteiger partial charge in [0.2, 0.25) is 0 Å². The third kappa shape index (κ3) is 7.16. The van der Waals surface area contributed by atoms with E-state index in [1.165, 1.54) is 25.7 Å². The fourth-order valence-electron chi connectivity index (χ4n) is 2.81. The van der Waals surface area contributed by atoms with Crippen LogP contribution in [0.15, 0.2) is 42.0 Å².